The van der Waals surface area contributed by atoms with E-state index in [9.17, 15) is 0 Å². The van der Waals surface area contributed by atoms with Gasteiger partial charge in [-0.1, -0.05) is 15.9 Å². The van der Waals surface area contributed by atoms with Gasteiger partial charge in [0.25, 0.3) is 0 Å². The Bertz CT molecular complexity index is 294. The first-order chi connectivity index (χ1) is 6.77. The molecule has 1 saturated heterocycles. The molecule has 0 radical (unpaired) electrons. The highest BCUT2D eigenvalue weighted by atomic mass is 79.9. The summed E-state index contributed by atoms with van der Waals surface area (Å²) in [5, 5.41) is 0. The molecule has 0 N–H and O–H groups in total. The maximum Gasteiger partial charge on any atom is 0.0701 e. The zero-order valence-electron chi connectivity index (χ0n) is 7.71. The van der Waals surface area contributed by atoms with E-state index < -0.39 is 0 Å². The van der Waals surface area contributed by atoms with Crippen molar-refractivity contribution in [2.45, 2.75) is 17.7 Å². The fourth-order valence-corrected chi connectivity index (χ4v) is 4.17. The Morgan fingerprint density at radius 2 is 2.07 bits per heavy atom. The number of thiophene rings is 1. The zero-order valence-corrected chi connectivity index (χ0v) is 11.7. The Morgan fingerprint density at radius 1 is 1.36 bits per heavy atom. The van der Waals surface area contributed by atoms with E-state index in [1.165, 1.54) is 21.5 Å². The Balaban J connectivity index is 2.03. The van der Waals surface area contributed by atoms with Crippen LogP contribution in [0.3, 0.4) is 0 Å². The van der Waals surface area contributed by atoms with E-state index in [1.807, 2.05) is 11.3 Å². The summed E-state index contributed by atoms with van der Waals surface area (Å²) in [4.78, 5) is 1.92. The normalized spacial score (nSPS) is 21.0. The second kappa shape index (κ2) is 5.10. The molecule has 1 nitrogen and oxygen atoms in total. The molecule has 1 aromatic rings. The molecular formula is C10H12Br2OS. The van der Waals surface area contributed by atoms with Crippen LogP contribution >= 0.6 is 43.2 Å². The van der Waals surface area contributed by atoms with Crippen LogP contribution in [0.1, 0.15) is 22.5 Å². The molecule has 1 fully saturated rings. The summed E-state index contributed by atoms with van der Waals surface area (Å²) in [6, 6.07) is 4.32. The second-order valence-corrected chi connectivity index (χ2v) is 6.97. The van der Waals surface area contributed by atoms with Gasteiger partial charge in [-0.05, 0) is 46.8 Å². The predicted octanol–water partition coefficient (Wildman–Crippen LogP) is 4.37. The minimum absolute atomic E-state index is 0.502. The molecule has 14 heavy (non-hydrogen) atoms. The third-order valence-electron chi connectivity index (χ3n) is 2.55. The first-order valence-corrected chi connectivity index (χ1v) is 7.27. The van der Waals surface area contributed by atoms with Crippen molar-refractivity contribution in [2.24, 2.45) is 5.92 Å². The summed E-state index contributed by atoms with van der Waals surface area (Å²) in [6.07, 6.45) is 2.34. The van der Waals surface area contributed by atoms with Gasteiger partial charge in [0.15, 0.2) is 0 Å². The standard InChI is InChI=1S/C10H12Br2OS/c11-9-2-1-8(14-9)10(12)7-3-5-13-6-4-7/h1-2,7,10H,3-6H2. The lowest BCUT2D eigenvalue weighted by atomic mass is 9.96. The second-order valence-electron chi connectivity index (χ2n) is 3.49. The highest BCUT2D eigenvalue weighted by Gasteiger charge is 2.24. The van der Waals surface area contributed by atoms with Gasteiger partial charge in [0.05, 0.1) is 8.61 Å². The van der Waals surface area contributed by atoms with Crippen molar-refractivity contribution in [2.75, 3.05) is 13.2 Å². The van der Waals surface area contributed by atoms with E-state index in [2.05, 4.69) is 44.0 Å². The van der Waals surface area contributed by atoms with E-state index >= 15 is 0 Å². The van der Waals surface area contributed by atoms with Crippen LogP contribution in [-0.4, -0.2) is 13.2 Å². The maximum atomic E-state index is 5.36. The average Bonchev–Trinajstić information content (AvgIpc) is 2.65. The summed E-state index contributed by atoms with van der Waals surface area (Å²) in [6.45, 7) is 1.83. The number of alkyl halides is 1. The number of hydrogen-bond donors (Lipinski definition) is 0. The van der Waals surface area contributed by atoms with Crippen molar-refractivity contribution >= 4 is 43.2 Å². The van der Waals surface area contributed by atoms with Crippen molar-refractivity contribution < 1.29 is 4.74 Å². The van der Waals surface area contributed by atoms with E-state index in [4.69, 9.17) is 4.74 Å². The first kappa shape index (κ1) is 11.1. The van der Waals surface area contributed by atoms with Crippen LogP contribution in [0.2, 0.25) is 0 Å². The molecule has 78 valence electrons. The molecular weight excluding hydrogens is 328 g/mol. The van der Waals surface area contributed by atoms with E-state index in [-0.39, 0.29) is 0 Å². The summed E-state index contributed by atoms with van der Waals surface area (Å²) in [7, 11) is 0. The van der Waals surface area contributed by atoms with Crippen LogP contribution in [0.5, 0.6) is 0 Å². The van der Waals surface area contributed by atoms with Crippen LogP contribution in [0.15, 0.2) is 15.9 Å². The third kappa shape index (κ3) is 2.60. The molecule has 1 unspecified atom stereocenters. The van der Waals surface area contributed by atoms with Gasteiger partial charge in [-0.3, -0.25) is 0 Å². The molecule has 0 spiro atoms. The smallest absolute Gasteiger partial charge is 0.0701 e. The zero-order chi connectivity index (χ0) is 9.97. The Labute approximate surface area is 105 Å². The summed E-state index contributed by atoms with van der Waals surface area (Å²) < 4.78 is 6.58. The van der Waals surface area contributed by atoms with E-state index in [0.29, 0.717) is 4.83 Å². The van der Waals surface area contributed by atoms with Crippen molar-refractivity contribution in [1.82, 2.24) is 0 Å². The fraction of sp³-hybridized carbons (Fsp3) is 0.600. The molecule has 1 aliphatic rings. The van der Waals surface area contributed by atoms with Gasteiger partial charge in [0.1, 0.15) is 0 Å². The molecule has 0 aliphatic carbocycles. The summed E-state index contributed by atoms with van der Waals surface area (Å²) in [5.41, 5.74) is 0. The van der Waals surface area contributed by atoms with Gasteiger partial charge in [-0.2, -0.15) is 0 Å². The van der Waals surface area contributed by atoms with Crippen LogP contribution in [-0.2, 0) is 4.74 Å². The molecule has 0 saturated carbocycles. The maximum absolute atomic E-state index is 5.36. The Morgan fingerprint density at radius 3 is 2.64 bits per heavy atom. The molecule has 0 bridgehead atoms. The number of hydrogen-bond acceptors (Lipinski definition) is 2. The fourth-order valence-electron chi connectivity index (χ4n) is 1.72. The Hall–Kier alpha value is 0.620. The quantitative estimate of drug-likeness (QED) is 0.727. The molecule has 0 aromatic carbocycles. The summed E-state index contributed by atoms with van der Waals surface area (Å²) >= 11 is 9.11. The van der Waals surface area contributed by atoms with Crippen molar-refractivity contribution in [1.29, 1.82) is 0 Å². The van der Waals surface area contributed by atoms with Crippen LogP contribution in [0.4, 0.5) is 0 Å². The minimum Gasteiger partial charge on any atom is -0.381 e. The molecule has 4 heteroatoms. The van der Waals surface area contributed by atoms with Crippen molar-refractivity contribution in [3.8, 4) is 0 Å². The SMILES string of the molecule is Brc1ccc(C(Br)C2CCOCC2)s1. The van der Waals surface area contributed by atoms with E-state index in [0.717, 1.165) is 19.1 Å². The third-order valence-corrected chi connectivity index (χ3v) is 5.80. The molecule has 2 rings (SSSR count). The van der Waals surface area contributed by atoms with Gasteiger partial charge in [0, 0.05) is 18.1 Å². The highest BCUT2D eigenvalue weighted by Crippen LogP contribution is 2.40. The molecule has 1 aliphatic heterocycles. The van der Waals surface area contributed by atoms with Gasteiger partial charge in [-0.15, -0.1) is 11.3 Å². The van der Waals surface area contributed by atoms with Crippen LogP contribution in [0.25, 0.3) is 0 Å². The summed E-state index contributed by atoms with van der Waals surface area (Å²) in [5.74, 6) is 0.731. The van der Waals surface area contributed by atoms with Crippen molar-refractivity contribution in [3.63, 3.8) is 0 Å². The lowest BCUT2D eigenvalue weighted by molar-refractivity contribution is 0.0664. The lowest BCUT2D eigenvalue weighted by Crippen LogP contribution is -2.18. The average molecular weight is 340 g/mol. The van der Waals surface area contributed by atoms with Crippen LogP contribution in [0, 0.1) is 5.92 Å². The molecule has 1 atom stereocenters. The predicted molar refractivity (Wildman–Crippen MR) is 67.2 cm³/mol. The van der Waals surface area contributed by atoms with Crippen molar-refractivity contribution in [3.05, 3.63) is 20.8 Å². The van der Waals surface area contributed by atoms with Gasteiger partial charge >= 0.3 is 0 Å². The monoisotopic (exact) mass is 338 g/mol. The molecule has 1 aromatic heterocycles. The number of ether oxygens (including phenoxy) is 1. The first-order valence-electron chi connectivity index (χ1n) is 4.74. The minimum atomic E-state index is 0.502. The largest absolute Gasteiger partial charge is 0.381 e. The van der Waals surface area contributed by atoms with Gasteiger partial charge < -0.3 is 4.74 Å². The van der Waals surface area contributed by atoms with Gasteiger partial charge in [-0.25, -0.2) is 0 Å². The van der Waals surface area contributed by atoms with Crippen LogP contribution < -0.4 is 0 Å². The van der Waals surface area contributed by atoms with Gasteiger partial charge in [0.2, 0.25) is 0 Å². The van der Waals surface area contributed by atoms with E-state index in [1.54, 1.807) is 0 Å². The number of halogens is 2. The molecule has 2 heterocycles. The topological polar surface area (TPSA) is 9.23 Å². The molecule has 0 amide bonds. The highest BCUT2D eigenvalue weighted by molar-refractivity contribution is 9.11. The number of rotatable bonds is 2. The Kier molecular flexibility index (Phi) is 4.05. The lowest BCUT2D eigenvalue weighted by Gasteiger charge is -2.25.